The topological polar surface area (TPSA) is 53.4 Å². The van der Waals surface area contributed by atoms with Crippen LogP contribution in [-0.4, -0.2) is 51.8 Å². The van der Waals surface area contributed by atoms with E-state index in [0.29, 0.717) is 5.82 Å². The maximum absolute atomic E-state index is 12.6. The maximum atomic E-state index is 12.6. The molecule has 1 aromatic carbocycles. The number of hydrogen-bond donors (Lipinski definition) is 1. The second-order valence-corrected chi connectivity index (χ2v) is 7.71. The SMILES string of the molecule is Cn1nc(-c2ccccc2)cc1NC(=O)N1CCN(Cc2cccs2)CC1. The normalized spacial score (nSPS) is 15.1. The van der Waals surface area contributed by atoms with Crippen LogP contribution < -0.4 is 5.32 Å². The average Bonchev–Trinajstić information content (AvgIpc) is 3.33. The van der Waals surface area contributed by atoms with Crippen molar-refractivity contribution in [1.82, 2.24) is 19.6 Å². The van der Waals surface area contributed by atoms with Gasteiger partial charge in [0.15, 0.2) is 0 Å². The number of anilines is 1. The molecule has 0 atom stereocenters. The largest absolute Gasteiger partial charge is 0.323 e. The molecular formula is C20H23N5OS. The minimum Gasteiger partial charge on any atom is -0.322 e. The van der Waals surface area contributed by atoms with Crippen LogP contribution in [0.4, 0.5) is 10.6 Å². The highest BCUT2D eigenvalue weighted by molar-refractivity contribution is 7.09. The number of aryl methyl sites for hydroxylation is 1. The molecule has 1 aliphatic heterocycles. The number of urea groups is 1. The van der Waals surface area contributed by atoms with E-state index in [-0.39, 0.29) is 6.03 Å². The Bertz CT molecular complexity index is 883. The summed E-state index contributed by atoms with van der Waals surface area (Å²) in [6.07, 6.45) is 0. The number of nitrogens with zero attached hydrogens (tertiary/aromatic N) is 4. The summed E-state index contributed by atoms with van der Waals surface area (Å²) in [5, 5.41) is 9.62. The Morgan fingerprint density at radius 2 is 1.89 bits per heavy atom. The molecule has 27 heavy (non-hydrogen) atoms. The van der Waals surface area contributed by atoms with Crippen molar-refractivity contribution in [3.8, 4) is 11.3 Å². The van der Waals surface area contributed by atoms with Gasteiger partial charge in [-0.2, -0.15) is 5.10 Å². The molecule has 1 fully saturated rings. The third-order valence-electron chi connectivity index (χ3n) is 4.80. The molecular weight excluding hydrogens is 358 g/mol. The summed E-state index contributed by atoms with van der Waals surface area (Å²) < 4.78 is 1.72. The van der Waals surface area contributed by atoms with Crippen molar-refractivity contribution < 1.29 is 4.79 Å². The third kappa shape index (κ3) is 4.20. The lowest BCUT2D eigenvalue weighted by atomic mass is 10.2. The van der Waals surface area contributed by atoms with E-state index in [4.69, 9.17) is 0 Å². The van der Waals surface area contributed by atoms with E-state index in [1.165, 1.54) is 4.88 Å². The molecule has 0 aliphatic carbocycles. The molecule has 6 nitrogen and oxygen atoms in total. The predicted molar refractivity (Wildman–Crippen MR) is 109 cm³/mol. The summed E-state index contributed by atoms with van der Waals surface area (Å²) in [5.74, 6) is 0.708. The second kappa shape index (κ2) is 7.94. The van der Waals surface area contributed by atoms with Crippen LogP contribution in [0, 0.1) is 0 Å². The summed E-state index contributed by atoms with van der Waals surface area (Å²) >= 11 is 1.78. The Morgan fingerprint density at radius 3 is 2.59 bits per heavy atom. The van der Waals surface area contributed by atoms with Gasteiger partial charge < -0.3 is 4.90 Å². The molecule has 0 saturated carbocycles. The van der Waals surface area contributed by atoms with Crippen LogP contribution in [0.15, 0.2) is 53.9 Å². The van der Waals surface area contributed by atoms with Crippen LogP contribution in [0.3, 0.4) is 0 Å². The van der Waals surface area contributed by atoms with E-state index >= 15 is 0 Å². The molecule has 1 aliphatic rings. The molecule has 4 rings (SSSR count). The predicted octanol–water partition coefficient (Wildman–Crippen LogP) is 3.50. The van der Waals surface area contributed by atoms with E-state index < -0.39 is 0 Å². The third-order valence-corrected chi connectivity index (χ3v) is 5.66. The van der Waals surface area contributed by atoms with Gasteiger partial charge in [0.1, 0.15) is 5.82 Å². The first-order valence-electron chi connectivity index (χ1n) is 9.09. The van der Waals surface area contributed by atoms with E-state index in [1.54, 1.807) is 16.0 Å². The summed E-state index contributed by atoms with van der Waals surface area (Å²) in [5.41, 5.74) is 1.89. The Hall–Kier alpha value is -2.64. The van der Waals surface area contributed by atoms with Crippen molar-refractivity contribution >= 4 is 23.2 Å². The molecule has 0 unspecified atom stereocenters. The number of thiophene rings is 1. The van der Waals surface area contributed by atoms with E-state index in [1.807, 2.05) is 48.3 Å². The van der Waals surface area contributed by atoms with Crippen molar-refractivity contribution in [2.75, 3.05) is 31.5 Å². The number of hydrogen-bond acceptors (Lipinski definition) is 4. The maximum Gasteiger partial charge on any atom is 0.323 e. The Labute approximate surface area is 163 Å². The van der Waals surface area contributed by atoms with Crippen molar-refractivity contribution in [3.63, 3.8) is 0 Å². The van der Waals surface area contributed by atoms with Gasteiger partial charge in [-0.3, -0.25) is 14.9 Å². The Balaban J connectivity index is 1.34. The number of carbonyl (C=O) groups excluding carboxylic acids is 1. The average molecular weight is 382 g/mol. The highest BCUT2D eigenvalue weighted by Crippen LogP contribution is 2.21. The quantitative estimate of drug-likeness (QED) is 0.753. The number of piperazine rings is 1. The van der Waals surface area contributed by atoms with E-state index in [2.05, 4.69) is 32.8 Å². The number of aromatic nitrogens is 2. The lowest BCUT2D eigenvalue weighted by Crippen LogP contribution is -2.49. The standard InChI is InChI=1S/C20H23N5OS/c1-23-19(14-18(22-23)16-6-3-2-4-7-16)21-20(26)25-11-9-24(10-12-25)15-17-8-5-13-27-17/h2-8,13-14H,9-12,15H2,1H3,(H,21,26). The van der Waals surface area contributed by atoms with Crippen molar-refractivity contribution in [2.45, 2.75) is 6.54 Å². The van der Waals surface area contributed by atoms with Crippen molar-refractivity contribution in [3.05, 3.63) is 58.8 Å². The van der Waals surface area contributed by atoms with Gasteiger partial charge in [-0.25, -0.2) is 4.79 Å². The van der Waals surface area contributed by atoms with Crippen LogP contribution in [0.5, 0.6) is 0 Å². The molecule has 140 valence electrons. The van der Waals surface area contributed by atoms with E-state index in [9.17, 15) is 4.79 Å². The first-order chi connectivity index (χ1) is 13.2. The van der Waals surface area contributed by atoms with Gasteiger partial charge in [-0.15, -0.1) is 11.3 Å². The van der Waals surface area contributed by atoms with Gasteiger partial charge in [0, 0.05) is 56.3 Å². The molecule has 7 heteroatoms. The number of benzene rings is 1. The smallest absolute Gasteiger partial charge is 0.322 e. The van der Waals surface area contributed by atoms with Crippen LogP contribution in [0.25, 0.3) is 11.3 Å². The Kier molecular flexibility index (Phi) is 5.22. The number of carbonyl (C=O) groups is 1. The zero-order valence-corrected chi connectivity index (χ0v) is 16.2. The summed E-state index contributed by atoms with van der Waals surface area (Å²) in [6, 6.07) is 16.1. The van der Waals surface area contributed by atoms with E-state index in [0.717, 1.165) is 44.0 Å². The molecule has 3 aromatic rings. The minimum atomic E-state index is -0.0617. The highest BCUT2D eigenvalue weighted by atomic mass is 32.1. The fourth-order valence-electron chi connectivity index (χ4n) is 3.25. The molecule has 2 amide bonds. The summed E-state index contributed by atoms with van der Waals surface area (Å²) in [4.78, 5) is 18.3. The number of rotatable bonds is 4. The second-order valence-electron chi connectivity index (χ2n) is 6.68. The highest BCUT2D eigenvalue weighted by Gasteiger charge is 2.22. The van der Waals surface area contributed by atoms with Gasteiger partial charge in [-0.1, -0.05) is 36.4 Å². The molecule has 0 radical (unpaired) electrons. The van der Waals surface area contributed by atoms with Gasteiger partial charge in [-0.05, 0) is 11.4 Å². The lowest BCUT2D eigenvalue weighted by molar-refractivity contribution is 0.143. The first-order valence-corrected chi connectivity index (χ1v) is 9.97. The van der Waals surface area contributed by atoms with Crippen molar-refractivity contribution in [2.24, 2.45) is 7.05 Å². The van der Waals surface area contributed by atoms with Crippen LogP contribution in [-0.2, 0) is 13.6 Å². The van der Waals surface area contributed by atoms with Gasteiger partial charge in [0.05, 0.1) is 5.69 Å². The van der Waals surface area contributed by atoms with Crippen molar-refractivity contribution in [1.29, 1.82) is 0 Å². The summed E-state index contributed by atoms with van der Waals surface area (Å²) in [7, 11) is 1.85. The monoisotopic (exact) mass is 381 g/mol. The zero-order chi connectivity index (χ0) is 18.6. The van der Waals surface area contributed by atoms with Crippen LogP contribution in [0.2, 0.25) is 0 Å². The van der Waals surface area contributed by atoms with Gasteiger partial charge in [0.2, 0.25) is 0 Å². The number of amides is 2. The van der Waals surface area contributed by atoms with Gasteiger partial charge >= 0.3 is 6.03 Å². The lowest BCUT2D eigenvalue weighted by Gasteiger charge is -2.34. The zero-order valence-electron chi connectivity index (χ0n) is 15.3. The van der Waals surface area contributed by atoms with Crippen LogP contribution in [0.1, 0.15) is 4.88 Å². The number of nitrogens with one attached hydrogen (secondary N) is 1. The fourth-order valence-corrected chi connectivity index (χ4v) is 4.00. The first kappa shape index (κ1) is 17.8. The fraction of sp³-hybridized carbons (Fsp3) is 0.300. The Morgan fingerprint density at radius 1 is 1.11 bits per heavy atom. The summed E-state index contributed by atoms with van der Waals surface area (Å²) in [6.45, 7) is 4.23. The molecule has 1 N–H and O–H groups in total. The van der Waals surface area contributed by atoms with Gasteiger partial charge in [0.25, 0.3) is 0 Å². The van der Waals surface area contributed by atoms with Crippen LogP contribution >= 0.6 is 11.3 Å². The molecule has 2 aromatic heterocycles. The molecule has 0 spiro atoms. The molecule has 0 bridgehead atoms. The molecule has 3 heterocycles. The minimum absolute atomic E-state index is 0.0617. The molecule has 1 saturated heterocycles.